The maximum Gasteiger partial charge on any atom is 0.494 e. The number of Topliss-reactive ketones (excluding diaryl/α,β-unsaturated/α-hetero) is 1. The van der Waals surface area contributed by atoms with Gasteiger partial charge in [0.25, 0.3) is 5.91 Å². The number of hydrogen-bond donors (Lipinski definition) is 0. The van der Waals surface area contributed by atoms with E-state index < -0.39 is 7.12 Å². The molecule has 0 aromatic heterocycles. The van der Waals surface area contributed by atoms with E-state index >= 15 is 0 Å². The van der Waals surface area contributed by atoms with Gasteiger partial charge < -0.3 is 14.2 Å². The minimum absolute atomic E-state index is 0.0250. The lowest BCUT2D eigenvalue weighted by Gasteiger charge is -2.32. The average molecular weight is 329 g/mol. The number of rotatable bonds is 2. The third-order valence-corrected chi connectivity index (χ3v) is 5.29. The highest BCUT2D eigenvalue weighted by Gasteiger charge is 2.51. The van der Waals surface area contributed by atoms with Gasteiger partial charge in [-0.1, -0.05) is 12.1 Å². The van der Waals surface area contributed by atoms with Crippen molar-refractivity contribution in [3.05, 3.63) is 29.8 Å². The van der Waals surface area contributed by atoms with Crippen molar-refractivity contribution in [2.75, 3.05) is 13.1 Å². The van der Waals surface area contributed by atoms with Crippen LogP contribution in [0.1, 0.15) is 50.9 Å². The average Bonchev–Trinajstić information content (AvgIpc) is 2.76. The van der Waals surface area contributed by atoms with Gasteiger partial charge in [0.2, 0.25) is 0 Å². The zero-order valence-electron chi connectivity index (χ0n) is 14.8. The van der Waals surface area contributed by atoms with Crippen molar-refractivity contribution in [2.45, 2.75) is 51.7 Å². The van der Waals surface area contributed by atoms with E-state index in [1.54, 1.807) is 17.0 Å². The Balaban J connectivity index is 1.70. The topological polar surface area (TPSA) is 55.8 Å². The molecule has 2 heterocycles. The molecule has 0 N–H and O–H groups in total. The van der Waals surface area contributed by atoms with Crippen LogP contribution in [0.4, 0.5) is 0 Å². The molecular formula is C18H24BNO4. The van der Waals surface area contributed by atoms with Crippen LogP contribution < -0.4 is 5.46 Å². The number of hydrogen-bond acceptors (Lipinski definition) is 4. The number of amides is 1. The number of likely N-dealkylation sites (tertiary alicyclic amines) is 1. The standard InChI is InChI=1S/C18H24BNO4/c1-17(2)18(3,4)24-19(23-17)14-7-5-13(6-8-14)16(22)20-11-9-15(21)10-12-20/h5-8H,9-12H2,1-4H3. The SMILES string of the molecule is CC1(C)OB(c2ccc(C(=O)N3CCC(=O)CC3)cc2)OC1(C)C. The maximum atomic E-state index is 12.5. The summed E-state index contributed by atoms with van der Waals surface area (Å²) in [5.74, 6) is 0.207. The Bertz CT molecular complexity index is 627. The van der Waals surface area contributed by atoms with Crippen molar-refractivity contribution in [3.63, 3.8) is 0 Å². The summed E-state index contributed by atoms with van der Waals surface area (Å²) in [6.07, 6.45) is 0.912. The summed E-state index contributed by atoms with van der Waals surface area (Å²) in [7, 11) is -0.424. The molecule has 5 nitrogen and oxygen atoms in total. The first kappa shape index (κ1) is 17.2. The lowest BCUT2D eigenvalue weighted by molar-refractivity contribution is -0.120. The van der Waals surface area contributed by atoms with Gasteiger partial charge in [-0.2, -0.15) is 0 Å². The highest BCUT2D eigenvalue weighted by molar-refractivity contribution is 6.62. The van der Waals surface area contributed by atoms with Gasteiger partial charge in [-0.25, -0.2) is 0 Å². The van der Waals surface area contributed by atoms with Gasteiger partial charge in [-0.05, 0) is 45.3 Å². The van der Waals surface area contributed by atoms with Crippen molar-refractivity contribution in [1.29, 1.82) is 0 Å². The zero-order valence-corrected chi connectivity index (χ0v) is 14.8. The first-order valence-electron chi connectivity index (χ1n) is 8.46. The monoisotopic (exact) mass is 329 g/mol. The Hall–Kier alpha value is -1.66. The molecule has 0 atom stereocenters. The molecule has 2 aliphatic heterocycles. The van der Waals surface area contributed by atoms with Crippen molar-refractivity contribution < 1.29 is 18.9 Å². The summed E-state index contributed by atoms with van der Waals surface area (Å²) in [5.41, 5.74) is 0.766. The van der Waals surface area contributed by atoms with Crippen LogP contribution in [0.15, 0.2) is 24.3 Å². The summed E-state index contributed by atoms with van der Waals surface area (Å²) in [6, 6.07) is 7.37. The van der Waals surface area contributed by atoms with Crippen molar-refractivity contribution in [3.8, 4) is 0 Å². The Kier molecular flexibility index (Phi) is 4.30. The van der Waals surface area contributed by atoms with E-state index in [-0.39, 0.29) is 22.9 Å². The van der Waals surface area contributed by atoms with E-state index in [4.69, 9.17) is 9.31 Å². The molecule has 0 radical (unpaired) electrons. The second-order valence-corrected chi connectivity index (χ2v) is 7.54. The Morgan fingerprint density at radius 1 is 1.00 bits per heavy atom. The van der Waals surface area contributed by atoms with Crippen LogP contribution >= 0.6 is 0 Å². The fourth-order valence-electron chi connectivity index (χ4n) is 2.90. The highest BCUT2D eigenvalue weighted by atomic mass is 16.7. The summed E-state index contributed by atoms with van der Waals surface area (Å²) >= 11 is 0. The molecule has 2 saturated heterocycles. The van der Waals surface area contributed by atoms with Crippen molar-refractivity contribution in [2.24, 2.45) is 0 Å². The number of carbonyl (C=O) groups excluding carboxylic acids is 2. The lowest BCUT2D eigenvalue weighted by Crippen LogP contribution is -2.41. The fraction of sp³-hybridized carbons (Fsp3) is 0.556. The quantitative estimate of drug-likeness (QED) is 0.777. The van der Waals surface area contributed by atoms with Crippen molar-refractivity contribution >= 4 is 24.3 Å². The molecule has 2 fully saturated rings. The molecule has 1 aromatic rings. The predicted molar refractivity (Wildman–Crippen MR) is 92.3 cm³/mol. The second kappa shape index (κ2) is 6.01. The Labute approximate surface area is 143 Å². The molecule has 3 rings (SSSR count). The summed E-state index contributed by atoms with van der Waals surface area (Å²) in [5, 5.41) is 0. The van der Waals surface area contributed by atoms with Gasteiger partial charge in [0.1, 0.15) is 5.78 Å². The summed E-state index contributed by atoms with van der Waals surface area (Å²) in [4.78, 5) is 25.5. The molecule has 0 spiro atoms. The molecule has 0 aliphatic carbocycles. The molecule has 24 heavy (non-hydrogen) atoms. The largest absolute Gasteiger partial charge is 0.494 e. The Morgan fingerprint density at radius 2 is 1.50 bits per heavy atom. The van der Waals surface area contributed by atoms with Crippen LogP contribution in [-0.4, -0.2) is 48.0 Å². The van der Waals surface area contributed by atoms with Gasteiger partial charge in [0, 0.05) is 31.5 Å². The van der Waals surface area contributed by atoms with E-state index in [9.17, 15) is 9.59 Å². The van der Waals surface area contributed by atoms with Gasteiger partial charge in [-0.15, -0.1) is 0 Å². The smallest absolute Gasteiger partial charge is 0.399 e. The van der Waals surface area contributed by atoms with Gasteiger partial charge in [0.15, 0.2) is 0 Å². The van der Waals surface area contributed by atoms with Crippen LogP contribution in [0.5, 0.6) is 0 Å². The van der Waals surface area contributed by atoms with Crippen LogP contribution in [-0.2, 0) is 14.1 Å². The molecule has 6 heteroatoms. The summed E-state index contributed by atoms with van der Waals surface area (Å²) in [6.45, 7) is 9.09. The maximum absolute atomic E-state index is 12.5. The molecule has 0 bridgehead atoms. The first-order valence-corrected chi connectivity index (χ1v) is 8.46. The molecule has 1 amide bonds. The van der Waals surface area contributed by atoms with Gasteiger partial charge in [0.05, 0.1) is 11.2 Å². The van der Waals surface area contributed by atoms with E-state index in [0.29, 0.717) is 31.5 Å². The van der Waals surface area contributed by atoms with E-state index in [1.807, 2.05) is 39.8 Å². The highest BCUT2D eigenvalue weighted by Crippen LogP contribution is 2.36. The zero-order chi connectivity index (χ0) is 17.5. The third-order valence-electron chi connectivity index (χ3n) is 5.29. The van der Waals surface area contributed by atoms with Gasteiger partial charge in [-0.3, -0.25) is 9.59 Å². The molecule has 128 valence electrons. The molecule has 0 unspecified atom stereocenters. The molecular weight excluding hydrogens is 305 g/mol. The predicted octanol–water partition coefficient (Wildman–Crippen LogP) is 1.79. The first-order chi connectivity index (χ1) is 11.2. The molecule has 1 aromatic carbocycles. The summed E-state index contributed by atoms with van der Waals surface area (Å²) < 4.78 is 12.0. The number of piperidine rings is 1. The second-order valence-electron chi connectivity index (χ2n) is 7.54. The van der Waals surface area contributed by atoms with Gasteiger partial charge >= 0.3 is 7.12 Å². The minimum atomic E-state index is -0.424. The van der Waals surface area contributed by atoms with E-state index in [2.05, 4.69) is 0 Å². The van der Waals surface area contributed by atoms with Crippen LogP contribution in [0.25, 0.3) is 0 Å². The van der Waals surface area contributed by atoms with Crippen LogP contribution in [0.3, 0.4) is 0 Å². The number of ketones is 1. The van der Waals surface area contributed by atoms with E-state index in [1.165, 1.54) is 0 Å². The number of benzene rings is 1. The van der Waals surface area contributed by atoms with E-state index in [0.717, 1.165) is 5.46 Å². The molecule has 2 aliphatic rings. The minimum Gasteiger partial charge on any atom is -0.399 e. The lowest BCUT2D eigenvalue weighted by atomic mass is 9.79. The van der Waals surface area contributed by atoms with Crippen LogP contribution in [0.2, 0.25) is 0 Å². The van der Waals surface area contributed by atoms with Crippen molar-refractivity contribution in [1.82, 2.24) is 4.90 Å². The Morgan fingerprint density at radius 3 is 2.00 bits per heavy atom. The molecule has 0 saturated carbocycles. The van der Waals surface area contributed by atoms with Crippen LogP contribution in [0, 0.1) is 0 Å². The third kappa shape index (κ3) is 3.13. The number of carbonyl (C=O) groups is 2. The fourth-order valence-corrected chi connectivity index (χ4v) is 2.90. The number of nitrogens with zero attached hydrogens (tertiary/aromatic N) is 1. The normalized spacial score (nSPS) is 22.8.